The molecule has 1 aromatic carbocycles. The number of benzene rings is 1. The summed E-state index contributed by atoms with van der Waals surface area (Å²) in [7, 11) is 0. The Morgan fingerprint density at radius 2 is 2.25 bits per heavy atom. The van der Waals surface area contributed by atoms with Gasteiger partial charge in [0.2, 0.25) is 0 Å². The summed E-state index contributed by atoms with van der Waals surface area (Å²) in [5, 5.41) is 1.18. The molecule has 2 aromatic rings. The van der Waals surface area contributed by atoms with E-state index in [-0.39, 0.29) is 5.82 Å². The summed E-state index contributed by atoms with van der Waals surface area (Å²) in [6, 6.07) is 4.64. The van der Waals surface area contributed by atoms with Gasteiger partial charge in [0, 0.05) is 12.1 Å². The predicted octanol–water partition coefficient (Wildman–Crippen LogP) is 3.37. The maximum absolute atomic E-state index is 13.7. The number of thiazole rings is 1. The highest BCUT2D eigenvalue weighted by atomic mass is 35.5. The summed E-state index contributed by atoms with van der Waals surface area (Å²) in [6.45, 7) is 2.19. The number of hydrogen-bond acceptors (Lipinski definition) is 3. The Morgan fingerprint density at radius 3 is 2.81 bits per heavy atom. The van der Waals surface area contributed by atoms with Crippen LogP contribution in [-0.4, -0.2) is 4.98 Å². The third-order valence-corrected chi connectivity index (χ3v) is 3.72. The Morgan fingerprint density at radius 1 is 1.50 bits per heavy atom. The molecule has 0 fully saturated rings. The van der Waals surface area contributed by atoms with Crippen LogP contribution in [-0.2, 0) is 6.54 Å². The number of aryl methyl sites for hydroxylation is 1. The molecular formula is C11H10ClFN2S. The first-order valence-electron chi connectivity index (χ1n) is 4.74. The summed E-state index contributed by atoms with van der Waals surface area (Å²) in [6.07, 6.45) is 0. The molecule has 0 spiro atoms. The standard InChI is InChI=1S/C11H10ClFN2S/c1-6-11(16-9(5-14)15-6)10-7(12)3-2-4-8(10)13/h2-4H,5,14H2,1H3. The molecule has 2 rings (SSSR count). The Hall–Kier alpha value is -0.970. The van der Waals surface area contributed by atoms with Gasteiger partial charge in [0.25, 0.3) is 0 Å². The molecule has 0 saturated heterocycles. The van der Waals surface area contributed by atoms with E-state index in [0.717, 1.165) is 15.6 Å². The van der Waals surface area contributed by atoms with Crippen molar-refractivity contribution in [2.45, 2.75) is 13.5 Å². The first-order valence-corrected chi connectivity index (χ1v) is 5.93. The molecule has 0 amide bonds. The second kappa shape index (κ2) is 4.49. The van der Waals surface area contributed by atoms with Crippen molar-refractivity contribution in [2.24, 2.45) is 5.73 Å². The van der Waals surface area contributed by atoms with Crippen LogP contribution in [0.3, 0.4) is 0 Å². The minimum absolute atomic E-state index is 0.331. The first kappa shape index (κ1) is 11.5. The number of aromatic nitrogens is 1. The molecule has 0 atom stereocenters. The average Bonchev–Trinajstić information content (AvgIpc) is 2.60. The van der Waals surface area contributed by atoms with Crippen LogP contribution in [0.2, 0.25) is 5.02 Å². The smallest absolute Gasteiger partial charge is 0.133 e. The molecule has 0 bridgehead atoms. The van der Waals surface area contributed by atoms with Gasteiger partial charge in [-0.2, -0.15) is 0 Å². The van der Waals surface area contributed by atoms with E-state index in [2.05, 4.69) is 4.98 Å². The number of rotatable bonds is 2. The molecule has 0 aliphatic rings. The Labute approximate surface area is 102 Å². The highest BCUT2D eigenvalue weighted by molar-refractivity contribution is 7.15. The minimum Gasteiger partial charge on any atom is -0.325 e. The van der Waals surface area contributed by atoms with Crippen LogP contribution in [0.1, 0.15) is 10.7 Å². The molecule has 5 heteroatoms. The first-order chi connectivity index (χ1) is 7.63. The molecule has 0 aliphatic carbocycles. The second-order valence-corrected chi connectivity index (χ2v) is 4.81. The highest BCUT2D eigenvalue weighted by Gasteiger charge is 2.15. The number of nitrogens with two attached hydrogens (primary N) is 1. The maximum atomic E-state index is 13.7. The van der Waals surface area contributed by atoms with Crippen molar-refractivity contribution in [3.8, 4) is 10.4 Å². The zero-order valence-electron chi connectivity index (χ0n) is 8.63. The van der Waals surface area contributed by atoms with Crippen LogP contribution >= 0.6 is 22.9 Å². The van der Waals surface area contributed by atoms with Gasteiger partial charge >= 0.3 is 0 Å². The predicted molar refractivity (Wildman–Crippen MR) is 65.1 cm³/mol. The van der Waals surface area contributed by atoms with E-state index < -0.39 is 0 Å². The topological polar surface area (TPSA) is 38.9 Å². The van der Waals surface area contributed by atoms with E-state index in [1.165, 1.54) is 17.4 Å². The summed E-state index contributed by atoms with van der Waals surface area (Å²) < 4.78 is 13.7. The fourth-order valence-electron chi connectivity index (χ4n) is 1.49. The van der Waals surface area contributed by atoms with Crippen LogP contribution < -0.4 is 5.73 Å². The summed E-state index contributed by atoms with van der Waals surface area (Å²) in [5.41, 5.74) is 6.68. The highest BCUT2D eigenvalue weighted by Crippen LogP contribution is 2.36. The average molecular weight is 257 g/mol. The molecule has 2 nitrogen and oxygen atoms in total. The van der Waals surface area contributed by atoms with E-state index in [1.807, 2.05) is 6.92 Å². The molecule has 1 heterocycles. The van der Waals surface area contributed by atoms with Crippen LogP contribution in [0.25, 0.3) is 10.4 Å². The van der Waals surface area contributed by atoms with Gasteiger partial charge in [-0.25, -0.2) is 9.37 Å². The van der Waals surface area contributed by atoms with E-state index in [0.29, 0.717) is 17.1 Å². The largest absolute Gasteiger partial charge is 0.325 e. The lowest BCUT2D eigenvalue weighted by molar-refractivity contribution is 0.631. The van der Waals surface area contributed by atoms with Crippen molar-refractivity contribution >= 4 is 22.9 Å². The van der Waals surface area contributed by atoms with E-state index in [4.69, 9.17) is 17.3 Å². The molecule has 1 aromatic heterocycles. The molecular weight excluding hydrogens is 247 g/mol. The van der Waals surface area contributed by atoms with Gasteiger partial charge in [-0.05, 0) is 19.1 Å². The van der Waals surface area contributed by atoms with E-state index in [1.54, 1.807) is 12.1 Å². The maximum Gasteiger partial charge on any atom is 0.133 e. The van der Waals surface area contributed by atoms with Gasteiger partial charge in [-0.3, -0.25) is 0 Å². The van der Waals surface area contributed by atoms with Gasteiger partial charge in [-0.15, -0.1) is 11.3 Å². The number of nitrogens with zero attached hydrogens (tertiary/aromatic N) is 1. The second-order valence-electron chi connectivity index (χ2n) is 3.32. The summed E-state index contributed by atoms with van der Waals surface area (Å²) >= 11 is 7.38. The monoisotopic (exact) mass is 256 g/mol. The molecule has 16 heavy (non-hydrogen) atoms. The third kappa shape index (κ3) is 1.96. The zero-order chi connectivity index (χ0) is 11.7. The normalized spacial score (nSPS) is 10.8. The van der Waals surface area contributed by atoms with E-state index in [9.17, 15) is 4.39 Å². The van der Waals surface area contributed by atoms with Crippen molar-refractivity contribution in [1.82, 2.24) is 4.98 Å². The van der Waals surface area contributed by atoms with Crippen LogP contribution in [0.5, 0.6) is 0 Å². The Balaban J connectivity index is 2.62. The fraction of sp³-hybridized carbons (Fsp3) is 0.182. The van der Waals surface area contributed by atoms with Crippen molar-refractivity contribution < 1.29 is 4.39 Å². The van der Waals surface area contributed by atoms with Gasteiger partial charge < -0.3 is 5.73 Å². The van der Waals surface area contributed by atoms with Gasteiger partial charge in [0.15, 0.2) is 0 Å². The van der Waals surface area contributed by atoms with Gasteiger partial charge in [0.05, 0.1) is 15.6 Å². The SMILES string of the molecule is Cc1nc(CN)sc1-c1c(F)cccc1Cl. The van der Waals surface area contributed by atoms with Crippen molar-refractivity contribution in [1.29, 1.82) is 0 Å². The minimum atomic E-state index is -0.331. The van der Waals surface area contributed by atoms with Crippen LogP contribution in [0, 0.1) is 12.7 Å². The van der Waals surface area contributed by atoms with Gasteiger partial charge in [0.1, 0.15) is 10.8 Å². The zero-order valence-corrected chi connectivity index (χ0v) is 10.2. The fourth-order valence-corrected chi connectivity index (χ4v) is 2.80. The lowest BCUT2D eigenvalue weighted by Gasteiger charge is -2.03. The quantitative estimate of drug-likeness (QED) is 0.895. The van der Waals surface area contributed by atoms with Crippen LogP contribution in [0.15, 0.2) is 18.2 Å². The molecule has 0 aliphatic heterocycles. The van der Waals surface area contributed by atoms with Crippen molar-refractivity contribution in [3.63, 3.8) is 0 Å². The lowest BCUT2D eigenvalue weighted by Crippen LogP contribution is -1.94. The van der Waals surface area contributed by atoms with Crippen molar-refractivity contribution in [2.75, 3.05) is 0 Å². The van der Waals surface area contributed by atoms with Gasteiger partial charge in [-0.1, -0.05) is 17.7 Å². The molecule has 2 N–H and O–H groups in total. The summed E-state index contributed by atoms with van der Waals surface area (Å²) in [5.74, 6) is -0.331. The molecule has 0 radical (unpaired) electrons. The third-order valence-electron chi connectivity index (χ3n) is 2.21. The molecule has 0 unspecified atom stereocenters. The Kier molecular flexibility index (Phi) is 3.23. The number of halogens is 2. The van der Waals surface area contributed by atoms with E-state index >= 15 is 0 Å². The lowest BCUT2D eigenvalue weighted by atomic mass is 10.1. The molecule has 0 saturated carbocycles. The summed E-state index contributed by atoms with van der Waals surface area (Å²) in [4.78, 5) is 5.01. The van der Waals surface area contributed by atoms with Crippen molar-refractivity contribution in [3.05, 3.63) is 39.7 Å². The molecule has 84 valence electrons. The van der Waals surface area contributed by atoms with Crippen LogP contribution in [0.4, 0.5) is 4.39 Å². The Bertz CT molecular complexity index is 504. The number of hydrogen-bond donors (Lipinski definition) is 1.